The van der Waals surface area contributed by atoms with Crippen molar-refractivity contribution in [1.29, 1.82) is 0 Å². The number of anilines is 1. The first-order chi connectivity index (χ1) is 8.90. The van der Waals surface area contributed by atoms with Gasteiger partial charge in [0.15, 0.2) is 0 Å². The predicted molar refractivity (Wildman–Crippen MR) is 77.0 cm³/mol. The van der Waals surface area contributed by atoms with E-state index in [2.05, 4.69) is 34.0 Å². The molecule has 2 bridgehead atoms. The number of hydrogen-bond donors (Lipinski definition) is 1. The van der Waals surface area contributed by atoms with E-state index in [1.165, 1.54) is 36.1 Å². The molecule has 2 aliphatic rings. The van der Waals surface area contributed by atoms with Crippen molar-refractivity contribution in [3.63, 3.8) is 0 Å². The summed E-state index contributed by atoms with van der Waals surface area (Å²) in [5.41, 5.74) is 1.12. The van der Waals surface area contributed by atoms with Crippen molar-refractivity contribution < 1.29 is 0 Å². The summed E-state index contributed by atoms with van der Waals surface area (Å²) in [6.45, 7) is 1.15. The maximum absolute atomic E-state index is 4.49. The fourth-order valence-electron chi connectivity index (χ4n) is 3.87. The van der Waals surface area contributed by atoms with Crippen LogP contribution in [0.5, 0.6) is 0 Å². The van der Waals surface area contributed by atoms with Crippen LogP contribution in [0.3, 0.4) is 0 Å². The molecular weight excluding hydrogens is 240 g/mol. The number of fused-ring (bicyclic) bond motifs is 3. The van der Waals surface area contributed by atoms with Crippen LogP contribution in [-0.2, 0) is 0 Å². The molecule has 2 nitrogen and oxygen atoms in total. The van der Waals surface area contributed by atoms with Crippen molar-refractivity contribution >= 4 is 27.4 Å². The summed E-state index contributed by atoms with van der Waals surface area (Å²) in [4.78, 5) is 0. The van der Waals surface area contributed by atoms with Gasteiger partial charge >= 0.3 is 0 Å². The van der Waals surface area contributed by atoms with Crippen molar-refractivity contribution in [2.24, 2.45) is 17.8 Å². The molecule has 2 aliphatic carbocycles. The van der Waals surface area contributed by atoms with Gasteiger partial charge in [-0.15, -0.1) is 0 Å². The number of benzene rings is 1. The average Bonchev–Trinajstić information content (AvgIpc) is 3.11. The van der Waals surface area contributed by atoms with Gasteiger partial charge in [0, 0.05) is 11.9 Å². The van der Waals surface area contributed by atoms with E-state index in [1.54, 1.807) is 11.5 Å². The molecule has 0 radical (unpaired) electrons. The molecule has 18 heavy (non-hydrogen) atoms. The zero-order valence-corrected chi connectivity index (χ0v) is 11.2. The third kappa shape index (κ3) is 1.72. The zero-order valence-electron chi connectivity index (χ0n) is 10.4. The summed E-state index contributed by atoms with van der Waals surface area (Å²) in [7, 11) is 0. The molecule has 0 aliphatic heterocycles. The third-order valence-corrected chi connectivity index (χ3v) is 5.63. The highest BCUT2D eigenvalue weighted by atomic mass is 32.1. The second kappa shape index (κ2) is 4.23. The molecule has 94 valence electrons. The highest BCUT2D eigenvalue weighted by Crippen LogP contribution is 2.48. The van der Waals surface area contributed by atoms with E-state index in [0.717, 1.165) is 29.8 Å². The summed E-state index contributed by atoms with van der Waals surface area (Å²) >= 11 is 1.61. The SMILES string of the molecule is c1ccc2c(NCC3CC4CCC3C4)snc2c1. The van der Waals surface area contributed by atoms with Crippen molar-refractivity contribution in [3.05, 3.63) is 24.3 Å². The van der Waals surface area contributed by atoms with Crippen molar-refractivity contribution in [1.82, 2.24) is 4.37 Å². The van der Waals surface area contributed by atoms with Gasteiger partial charge in [0.05, 0.1) is 5.52 Å². The molecule has 0 saturated heterocycles. The summed E-state index contributed by atoms with van der Waals surface area (Å²) < 4.78 is 4.49. The topological polar surface area (TPSA) is 24.9 Å². The lowest BCUT2D eigenvalue weighted by atomic mass is 9.89. The van der Waals surface area contributed by atoms with Gasteiger partial charge < -0.3 is 5.32 Å². The highest BCUT2D eigenvalue weighted by molar-refractivity contribution is 7.11. The first-order valence-electron chi connectivity index (χ1n) is 6.98. The lowest BCUT2D eigenvalue weighted by Gasteiger charge is -2.21. The van der Waals surface area contributed by atoms with Crippen LogP contribution < -0.4 is 5.32 Å². The van der Waals surface area contributed by atoms with Crippen LogP contribution in [0, 0.1) is 17.8 Å². The van der Waals surface area contributed by atoms with Crippen LogP contribution in [0.25, 0.3) is 10.9 Å². The van der Waals surface area contributed by atoms with E-state index in [-0.39, 0.29) is 0 Å². The molecule has 1 aromatic carbocycles. The Hall–Kier alpha value is -1.09. The molecule has 1 N–H and O–H groups in total. The molecule has 4 rings (SSSR count). The number of hydrogen-bond acceptors (Lipinski definition) is 3. The van der Waals surface area contributed by atoms with E-state index in [1.807, 2.05) is 0 Å². The van der Waals surface area contributed by atoms with Crippen molar-refractivity contribution in [3.8, 4) is 0 Å². The molecule has 3 unspecified atom stereocenters. The quantitative estimate of drug-likeness (QED) is 0.894. The van der Waals surface area contributed by atoms with Gasteiger partial charge in [0.25, 0.3) is 0 Å². The summed E-state index contributed by atoms with van der Waals surface area (Å²) in [5, 5.41) is 6.19. The molecular formula is C15H18N2S. The Bertz CT molecular complexity index is 562. The number of nitrogens with one attached hydrogen (secondary N) is 1. The molecule has 2 aromatic rings. The zero-order chi connectivity index (χ0) is 11.9. The standard InChI is InChI=1S/C15H18N2S/c1-2-4-14-13(3-1)15(18-17-14)16-9-12-8-10-5-6-11(12)7-10/h1-4,10-12,16H,5-9H2. The normalized spacial score (nSPS) is 30.1. The maximum Gasteiger partial charge on any atom is 0.117 e. The van der Waals surface area contributed by atoms with E-state index in [0.29, 0.717) is 0 Å². The van der Waals surface area contributed by atoms with Crippen LogP contribution in [0.4, 0.5) is 5.00 Å². The van der Waals surface area contributed by atoms with E-state index in [9.17, 15) is 0 Å². The van der Waals surface area contributed by atoms with Crippen LogP contribution in [0.1, 0.15) is 25.7 Å². The highest BCUT2D eigenvalue weighted by Gasteiger charge is 2.39. The Morgan fingerprint density at radius 2 is 2.17 bits per heavy atom. The van der Waals surface area contributed by atoms with Gasteiger partial charge in [-0.3, -0.25) is 0 Å². The molecule has 0 amide bonds. The van der Waals surface area contributed by atoms with E-state index in [4.69, 9.17) is 0 Å². The molecule has 1 aromatic heterocycles. The molecule has 2 saturated carbocycles. The van der Waals surface area contributed by atoms with Gasteiger partial charge in [-0.05, 0) is 60.7 Å². The van der Waals surface area contributed by atoms with Gasteiger partial charge in [-0.2, -0.15) is 4.37 Å². The second-order valence-corrected chi connectivity index (χ2v) is 6.62. The summed E-state index contributed by atoms with van der Waals surface area (Å²) in [6.07, 6.45) is 5.91. The third-order valence-electron chi connectivity index (χ3n) is 4.79. The molecule has 3 heteroatoms. The fraction of sp³-hybridized carbons (Fsp3) is 0.533. The first-order valence-corrected chi connectivity index (χ1v) is 7.76. The first kappa shape index (κ1) is 10.8. The van der Waals surface area contributed by atoms with Gasteiger partial charge in [0.1, 0.15) is 5.00 Å². The molecule has 1 heterocycles. The lowest BCUT2D eigenvalue weighted by molar-refractivity contribution is 0.348. The average molecular weight is 258 g/mol. The Morgan fingerprint density at radius 1 is 1.22 bits per heavy atom. The number of rotatable bonds is 3. The predicted octanol–water partition coefficient (Wildman–Crippen LogP) is 4.14. The Morgan fingerprint density at radius 3 is 3.00 bits per heavy atom. The lowest BCUT2D eigenvalue weighted by Crippen LogP contribution is -2.19. The van der Waals surface area contributed by atoms with Crippen LogP contribution in [0.15, 0.2) is 24.3 Å². The maximum atomic E-state index is 4.49. The molecule has 0 spiro atoms. The monoisotopic (exact) mass is 258 g/mol. The largest absolute Gasteiger partial charge is 0.375 e. The number of aromatic nitrogens is 1. The van der Waals surface area contributed by atoms with Gasteiger partial charge in [-0.25, -0.2) is 0 Å². The Balaban J connectivity index is 1.48. The Labute approximate surface area is 112 Å². The number of nitrogens with zero attached hydrogens (tertiary/aromatic N) is 1. The van der Waals surface area contributed by atoms with Crippen LogP contribution in [0.2, 0.25) is 0 Å². The Kier molecular flexibility index (Phi) is 2.54. The van der Waals surface area contributed by atoms with E-state index >= 15 is 0 Å². The molecule has 2 fully saturated rings. The summed E-state index contributed by atoms with van der Waals surface area (Å²) in [5.74, 6) is 2.95. The van der Waals surface area contributed by atoms with Gasteiger partial charge in [0.2, 0.25) is 0 Å². The van der Waals surface area contributed by atoms with Crippen molar-refractivity contribution in [2.75, 3.05) is 11.9 Å². The van der Waals surface area contributed by atoms with E-state index < -0.39 is 0 Å². The minimum absolute atomic E-state index is 0.907. The fourth-order valence-corrected chi connectivity index (χ4v) is 4.63. The van der Waals surface area contributed by atoms with Crippen molar-refractivity contribution in [2.45, 2.75) is 25.7 Å². The summed E-state index contributed by atoms with van der Waals surface area (Å²) in [6, 6.07) is 8.41. The second-order valence-electron chi connectivity index (χ2n) is 5.84. The smallest absolute Gasteiger partial charge is 0.117 e. The van der Waals surface area contributed by atoms with Gasteiger partial charge in [-0.1, -0.05) is 18.6 Å². The van der Waals surface area contributed by atoms with Crippen LogP contribution >= 0.6 is 11.5 Å². The minimum Gasteiger partial charge on any atom is -0.375 e. The minimum atomic E-state index is 0.907. The molecule has 3 atom stereocenters. The van der Waals surface area contributed by atoms with Crippen LogP contribution in [-0.4, -0.2) is 10.9 Å².